The van der Waals surface area contributed by atoms with E-state index in [1.54, 1.807) is 12.2 Å². The van der Waals surface area contributed by atoms with Crippen LogP contribution in [0.15, 0.2) is 23.8 Å². The van der Waals surface area contributed by atoms with Crippen LogP contribution in [0.2, 0.25) is 0 Å². The number of aliphatic hydroxyl groups excluding tert-OH is 1. The van der Waals surface area contributed by atoms with E-state index in [0.717, 1.165) is 37.7 Å². The first-order chi connectivity index (χ1) is 16.2. The molecule has 0 bridgehead atoms. The van der Waals surface area contributed by atoms with Crippen molar-refractivity contribution < 1.29 is 24.2 Å². The molecule has 6 aliphatic rings. The van der Waals surface area contributed by atoms with Crippen LogP contribution in [0.5, 0.6) is 0 Å². The summed E-state index contributed by atoms with van der Waals surface area (Å²) in [6, 6.07) is 0. The molecule has 3 unspecified atom stereocenters. The van der Waals surface area contributed by atoms with Crippen molar-refractivity contribution in [1.82, 2.24) is 0 Å². The predicted octanol–water partition coefficient (Wildman–Crippen LogP) is 4.91. The maximum absolute atomic E-state index is 13.8. The molecular weight excluding hydrogens is 428 g/mol. The second kappa shape index (κ2) is 7.85. The molecule has 6 rings (SSSR count). The average Bonchev–Trinajstić information content (AvgIpc) is 3.32. The van der Waals surface area contributed by atoms with Gasteiger partial charge in [0.15, 0.2) is 23.5 Å². The number of allylic oxidation sites excluding steroid dienone is 4. The lowest BCUT2D eigenvalue weighted by atomic mass is 9.46. The van der Waals surface area contributed by atoms with E-state index in [2.05, 4.69) is 13.8 Å². The minimum atomic E-state index is -0.949. The van der Waals surface area contributed by atoms with Crippen LogP contribution < -0.4 is 0 Å². The molecule has 186 valence electrons. The van der Waals surface area contributed by atoms with Gasteiger partial charge in [-0.1, -0.05) is 51.7 Å². The smallest absolute Gasteiger partial charge is 0.178 e. The summed E-state index contributed by atoms with van der Waals surface area (Å²) in [5.74, 6) is 1.17. The van der Waals surface area contributed by atoms with E-state index in [4.69, 9.17) is 9.47 Å². The zero-order chi connectivity index (χ0) is 23.9. The van der Waals surface area contributed by atoms with Crippen molar-refractivity contribution in [2.45, 2.75) is 109 Å². The molecule has 0 aromatic heterocycles. The fourth-order valence-electron chi connectivity index (χ4n) is 9.47. The van der Waals surface area contributed by atoms with E-state index < -0.39 is 17.1 Å². The third-order valence-corrected chi connectivity index (χ3v) is 11.0. The molecule has 1 heterocycles. The molecule has 5 nitrogen and oxygen atoms in total. The van der Waals surface area contributed by atoms with Gasteiger partial charge in [-0.25, -0.2) is 0 Å². The van der Waals surface area contributed by atoms with Gasteiger partial charge in [-0.3, -0.25) is 9.59 Å². The Bertz CT molecular complexity index is 946. The van der Waals surface area contributed by atoms with Gasteiger partial charge < -0.3 is 14.6 Å². The SMILES string of the molecule is CCC(=O)[C@@]12O[C@H](C3CCCCC3)O[C@@H]1CC1C3CCC4=CC(=O)C=C[C@]4(C)C3[C@@H](O)C[C@@]12C. The first-order valence-electron chi connectivity index (χ1n) is 13.7. The molecule has 0 aromatic carbocycles. The normalized spacial score (nSPS) is 50.2. The zero-order valence-electron chi connectivity index (χ0n) is 20.9. The van der Waals surface area contributed by atoms with E-state index in [0.29, 0.717) is 18.8 Å². The molecule has 0 radical (unpaired) electrons. The number of ether oxygens (including phenoxy) is 2. The topological polar surface area (TPSA) is 72.8 Å². The number of carbonyl (C=O) groups is 2. The lowest BCUT2D eigenvalue weighted by Crippen LogP contribution is -2.63. The highest BCUT2D eigenvalue weighted by molar-refractivity contribution is 6.01. The Kier molecular flexibility index (Phi) is 5.34. The summed E-state index contributed by atoms with van der Waals surface area (Å²) in [6.45, 7) is 6.34. The third-order valence-electron chi connectivity index (χ3n) is 11.0. The summed E-state index contributed by atoms with van der Waals surface area (Å²) in [5.41, 5.74) is -0.536. The number of hydrogen-bond donors (Lipinski definition) is 1. The van der Waals surface area contributed by atoms with Gasteiger partial charge in [-0.15, -0.1) is 0 Å². The van der Waals surface area contributed by atoms with Gasteiger partial charge in [0.05, 0.1) is 12.2 Å². The number of ketones is 2. The Morgan fingerprint density at radius 2 is 1.94 bits per heavy atom. The van der Waals surface area contributed by atoms with E-state index in [-0.39, 0.29) is 47.1 Å². The van der Waals surface area contributed by atoms with E-state index in [1.165, 1.54) is 19.3 Å². The first kappa shape index (κ1) is 23.1. The summed E-state index contributed by atoms with van der Waals surface area (Å²) in [6.07, 6.45) is 14.0. The monoisotopic (exact) mass is 468 g/mol. The van der Waals surface area contributed by atoms with Crippen molar-refractivity contribution >= 4 is 11.6 Å². The van der Waals surface area contributed by atoms with Crippen LogP contribution >= 0.6 is 0 Å². The van der Waals surface area contributed by atoms with Gasteiger partial charge in [0.2, 0.25) is 0 Å². The van der Waals surface area contributed by atoms with Crippen LogP contribution in [-0.4, -0.2) is 40.8 Å². The Morgan fingerprint density at radius 3 is 2.68 bits per heavy atom. The fraction of sp³-hybridized carbons (Fsp3) is 0.793. The summed E-state index contributed by atoms with van der Waals surface area (Å²) in [5, 5.41) is 11.7. The number of aliphatic hydroxyl groups is 1. The van der Waals surface area contributed by atoms with Gasteiger partial charge in [0.25, 0.3) is 0 Å². The number of Topliss-reactive ketones (excluding diaryl/α,β-unsaturated/α-hetero) is 1. The highest BCUT2D eigenvalue weighted by Gasteiger charge is 2.75. The van der Waals surface area contributed by atoms with Crippen molar-refractivity contribution in [3.8, 4) is 0 Å². The molecular formula is C29H40O5. The predicted molar refractivity (Wildman–Crippen MR) is 128 cm³/mol. The Labute approximate surface area is 203 Å². The highest BCUT2D eigenvalue weighted by Crippen LogP contribution is 2.70. The fourth-order valence-corrected chi connectivity index (χ4v) is 9.47. The molecule has 4 saturated carbocycles. The number of hydrogen-bond acceptors (Lipinski definition) is 5. The van der Waals surface area contributed by atoms with E-state index in [1.807, 2.05) is 13.0 Å². The first-order valence-corrected chi connectivity index (χ1v) is 13.7. The minimum absolute atomic E-state index is 0.0525. The van der Waals surface area contributed by atoms with Crippen molar-refractivity contribution in [1.29, 1.82) is 0 Å². The molecule has 9 atom stereocenters. The van der Waals surface area contributed by atoms with Crippen LogP contribution in [-0.2, 0) is 19.1 Å². The van der Waals surface area contributed by atoms with Gasteiger partial charge >= 0.3 is 0 Å². The van der Waals surface area contributed by atoms with E-state index in [9.17, 15) is 14.7 Å². The van der Waals surface area contributed by atoms with Crippen LogP contribution in [0.1, 0.15) is 85.0 Å². The molecule has 5 heteroatoms. The lowest BCUT2D eigenvalue weighted by Gasteiger charge is -2.59. The highest BCUT2D eigenvalue weighted by atomic mass is 16.7. The maximum Gasteiger partial charge on any atom is 0.178 e. The van der Waals surface area contributed by atoms with Gasteiger partial charge in [0.1, 0.15) is 0 Å². The van der Waals surface area contributed by atoms with Crippen molar-refractivity contribution in [3.05, 3.63) is 23.8 Å². The molecule has 5 aliphatic carbocycles. The number of rotatable bonds is 3. The Balaban J connectivity index is 1.37. The average molecular weight is 469 g/mol. The van der Waals surface area contributed by atoms with Crippen LogP contribution in [0, 0.1) is 34.5 Å². The number of carbonyl (C=O) groups excluding carboxylic acids is 2. The Hall–Kier alpha value is -1.30. The second-order valence-electron chi connectivity index (χ2n) is 12.5. The molecule has 0 spiro atoms. The minimum Gasteiger partial charge on any atom is -0.393 e. The largest absolute Gasteiger partial charge is 0.393 e. The summed E-state index contributed by atoms with van der Waals surface area (Å²) in [4.78, 5) is 25.8. The summed E-state index contributed by atoms with van der Waals surface area (Å²) >= 11 is 0. The third kappa shape index (κ3) is 2.90. The van der Waals surface area contributed by atoms with Crippen molar-refractivity contribution in [3.63, 3.8) is 0 Å². The second-order valence-corrected chi connectivity index (χ2v) is 12.5. The lowest BCUT2D eigenvalue weighted by molar-refractivity contribution is -0.208. The summed E-state index contributed by atoms with van der Waals surface area (Å²) < 4.78 is 13.5. The Morgan fingerprint density at radius 1 is 1.18 bits per heavy atom. The van der Waals surface area contributed by atoms with Gasteiger partial charge in [-0.05, 0) is 62.5 Å². The molecule has 1 aliphatic heterocycles. The molecule has 1 saturated heterocycles. The zero-order valence-corrected chi connectivity index (χ0v) is 20.9. The molecule has 34 heavy (non-hydrogen) atoms. The quantitative estimate of drug-likeness (QED) is 0.637. The van der Waals surface area contributed by atoms with E-state index >= 15 is 0 Å². The van der Waals surface area contributed by atoms with Gasteiger partial charge in [0, 0.05) is 29.1 Å². The van der Waals surface area contributed by atoms with Crippen molar-refractivity contribution in [2.75, 3.05) is 0 Å². The van der Waals surface area contributed by atoms with Crippen LogP contribution in [0.4, 0.5) is 0 Å². The van der Waals surface area contributed by atoms with Crippen LogP contribution in [0.3, 0.4) is 0 Å². The van der Waals surface area contributed by atoms with Crippen molar-refractivity contribution in [2.24, 2.45) is 34.5 Å². The molecule has 5 fully saturated rings. The molecule has 0 amide bonds. The summed E-state index contributed by atoms with van der Waals surface area (Å²) in [7, 11) is 0. The number of fused-ring (bicyclic) bond motifs is 7. The molecule has 0 aromatic rings. The van der Waals surface area contributed by atoms with Gasteiger partial charge in [-0.2, -0.15) is 0 Å². The standard InChI is InChI=1S/C29H40O5/c1-4-23(32)29-24(33-26(34-29)17-8-6-5-7-9-17)15-21-20-11-10-18-14-19(30)12-13-27(18,2)25(20)22(31)16-28(21,29)3/h12-14,17,20-22,24-26,31H,4-11,15-16H2,1-3H3/t20?,21?,22-,24+,25?,26+,27-,28-,29+/m0/s1. The van der Waals surface area contributed by atoms with Crippen LogP contribution in [0.25, 0.3) is 0 Å². The maximum atomic E-state index is 13.8. The molecule has 1 N–H and O–H groups in total.